The molecule has 1 aromatic heterocycles. The van der Waals surface area contributed by atoms with Crippen LogP contribution in [0.2, 0.25) is 0 Å². The number of hydrogen-bond acceptors (Lipinski definition) is 6. The van der Waals surface area contributed by atoms with Gasteiger partial charge in [0.1, 0.15) is 23.2 Å². The molecule has 2 aromatic carbocycles. The topological polar surface area (TPSA) is 128 Å². The minimum atomic E-state index is -0.0604. The number of halogens is 1. The number of aromatic hydroxyl groups is 1. The number of nitrogens with one attached hydrogen (secondary N) is 2. The van der Waals surface area contributed by atoms with E-state index in [-0.39, 0.29) is 29.9 Å². The van der Waals surface area contributed by atoms with Crippen LogP contribution in [-0.4, -0.2) is 44.8 Å². The quantitative estimate of drug-likeness (QED) is 0.356. The summed E-state index contributed by atoms with van der Waals surface area (Å²) >= 11 is 0. The molecule has 31 heavy (non-hydrogen) atoms. The number of amidine groups is 1. The summed E-state index contributed by atoms with van der Waals surface area (Å²) in [6.07, 6.45) is 2.10. The summed E-state index contributed by atoms with van der Waals surface area (Å²) in [5, 5.41) is 21.7. The highest BCUT2D eigenvalue weighted by Gasteiger charge is 2.20. The van der Waals surface area contributed by atoms with Crippen LogP contribution in [0.3, 0.4) is 0 Å². The number of carbonyl (C=O) groups excluding carboxylic acids is 1. The molecule has 3 aromatic rings. The van der Waals surface area contributed by atoms with E-state index in [9.17, 15) is 9.90 Å². The summed E-state index contributed by atoms with van der Waals surface area (Å²) in [7, 11) is 0. The van der Waals surface area contributed by atoms with Gasteiger partial charge in [-0.3, -0.25) is 10.2 Å². The van der Waals surface area contributed by atoms with Gasteiger partial charge in [-0.1, -0.05) is 0 Å². The molecule has 0 aliphatic carbocycles. The molecule has 0 saturated carbocycles. The number of fused-ring (bicyclic) bond motifs is 1. The highest BCUT2D eigenvalue weighted by molar-refractivity contribution is 6.00. The molecule has 162 valence electrons. The van der Waals surface area contributed by atoms with Crippen LogP contribution in [0.15, 0.2) is 36.4 Å². The number of likely N-dealkylation sites (tertiary alicyclic amines) is 1. The molecule has 0 radical (unpaired) electrons. The van der Waals surface area contributed by atoms with Crippen LogP contribution in [0.5, 0.6) is 5.75 Å². The number of amides is 1. The van der Waals surface area contributed by atoms with Crippen LogP contribution in [0, 0.1) is 12.3 Å². The highest BCUT2D eigenvalue weighted by Crippen LogP contribution is 2.25. The Balaban J connectivity index is 0.00000272. The van der Waals surface area contributed by atoms with E-state index >= 15 is 0 Å². The molecule has 4 rings (SSSR count). The molecular weight excluding hydrogens is 416 g/mol. The summed E-state index contributed by atoms with van der Waals surface area (Å²) in [5.74, 6) is 1.28. The minimum absolute atomic E-state index is 0. The van der Waals surface area contributed by atoms with E-state index in [1.807, 2.05) is 17.0 Å². The zero-order valence-electron chi connectivity index (χ0n) is 17.2. The Morgan fingerprint density at radius 2 is 1.87 bits per heavy atom. The first-order chi connectivity index (χ1) is 14.4. The first-order valence-electron chi connectivity index (χ1n) is 9.90. The van der Waals surface area contributed by atoms with E-state index in [0.717, 1.165) is 31.3 Å². The maximum absolute atomic E-state index is 12.7. The predicted octanol–water partition coefficient (Wildman–Crippen LogP) is 3.20. The number of aryl methyl sites for hydroxylation is 1. The van der Waals surface area contributed by atoms with Crippen molar-refractivity contribution < 1.29 is 9.90 Å². The third kappa shape index (κ3) is 4.69. The second-order valence-corrected chi connectivity index (χ2v) is 7.46. The molecular formula is C22H25ClN6O2. The van der Waals surface area contributed by atoms with Crippen molar-refractivity contribution in [2.75, 3.05) is 18.4 Å². The molecule has 1 amide bonds. The van der Waals surface area contributed by atoms with Crippen LogP contribution >= 0.6 is 12.4 Å². The SMILES string of the molecule is Cc1nc(NCc2cc(C(=N)N)ccc2O)c2ccc(C(=O)N3CCCC3)cc2n1.Cl. The average molecular weight is 441 g/mol. The molecule has 1 aliphatic rings. The van der Waals surface area contributed by atoms with E-state index in [1.54, 1.807) is 25.1 Å². The predicted molar refractivity (Wildman–Crippen MR) is 123 cm³/mol. The summed E-state index contributed by atoms with van der Waals surface area (Å²) < 4.78 is 0. The molecule has 2 heterocycles. The van der Waals surface area contributed by atoms with Crippen LogP contribution in [0.4, 0.5) is 5.82 Å². The Labute approximate surface area is 186 Å². The van der Waals surface area contributed by atoms with E-state index in [4.69, 9.17) is 11.1 Å². The molecule has 5 N–H and O–H groups in total. The normalized spacial score (nSPS) is 13.1. The summed E-state index contributed by atoms with van der Waals surface area (Å²) in [6, 6.07) is 10.3. The Kier molecular flexibility index (Phi) is 6.60. The van der Waals surface area contributed by atoms with Gasteiger partial charge in [0.15, 0.2) is 0 Å². The number of benzene rings is 2. The number of nitrogens with zero attached hydrogens (tertiary/aromatic N) is 3. The van der Waals surface area contributed by atoms with Crippen molar-refractivity contribution >= 4 is 40.9 Å². The van der Waals surface area contributed by atoms with E-state index in [1.165, 1.54) is 6.07 Å². The third-order valence-corrected chi connectivity index (χ3v) is 5.29. The van der Waals surface area contributed by atoms with E-state index < -0.39 is 0 Å². The van der Waals surface area contributed by atoms with Crippen molar-refractivity contribution in [3.8, 4) is 5.75 Å². The maximum atomic E-state index is 12.7. The Bertz CT molecular complexity index is 1140. The van der Waals surface area contributed by atoms with Gasteiger partial charge >= 0.3 is 0 Å². The molecule has 0 unspecified atom stereocenters. The summed E-state index contributed by atoms with van der Waals surface area (Å²) in [4.78, 5) is 23.6. The molecule has 1 fully saturated rings. The Morgan fingerprint density at radius 3 is 2.58 bits per heavy atom. The van der Waals surface area contributed by atoms with Gasteiger partial charge < -0.3 is 21.1 Å². The summed E-state index contributed by atoms with van der Waals surface area (Å²) in [5.41, 5.74) is 8.01. The van der Waals surface area contributed by atoms with Crippen LogP contribution in [-0.2, 0) is 6.54 Å². The molecule has 1 aliphatic heterocycles. The van der Waals surface area contributed by atoms with E-state index in [0.29, 0.717) is 40.4 Å². The van der Waals surface area contributed by atoms with Gasteiger partial charge in [0, 0.05) is 41.7 Å². The largest absolute Gasteiger partial charge is 0.508 e. The molecule has 1 saturated heterocycles. The van der Waals surface area contributed by atoms with Crippen molar-refractivity contribution in [1.29, 1.82) is 5.41 Å². The molecule has 8 nitrogen and oxygen atoms in total. The molecule has 9 heteroatoms. The lowest BCUT2D eigenvalue weighted by molar-refractivity contribution is 0.0793. The van der Waals surface area contributed by atoms with Crippen LogP contribution in [0.1, 0.15) is 40.2 Å². The fourth-order valence-corrected chi connectivity index (χ4v) is 3.69. The Hall–Kier alpha value is -3.39. The van der Waals surface area contributed by atoms with Gasteiger partial charge in [0.2, 0.25) is 0 Å². The van der Waals surface area contributed by atoms with Gasteiger partial charge in [0.05, 0.1) is 5.52 Å². The lowest BCUT2D eigenvalue weighted by Crippen LogP contribution is -2.27. The van der Waals surface area contributed by atoms with Crippen molar-refractivity contribution in [3.63, 3.8) is 0 Å². The lowest BCUT2D eigenvalue weighted by atomic mass is 10.1. The number of carbonyl (C=O) groups is 1. The second-order valence-electron chi connectivity index (χ2n) is 7.46. The lowest BCUT2D eigenvalue weighted by Gasteiger charge is -2.16. The van der Waals surface area contributed by atoms with Gasteiger partial charge in [-0.15, -0.1) is 12.4 Å². The monoisotopic (exact) mass is 440 g/mol. The fourth-order valence-electron chi connectivity index (χ4n) is 3.69. The smallest absolute Gasteiger partial charge is 0.253 e. The molecule has 0 spiro atoms. The number of aromatic nitrogens is 2. The number of hydrogen-bond donors (Lipinski definition) is 4. The summed E-state index contributed by atoms with van der Waals surface area (Å²) in [6.45, 7) is 3.70. The number of nitrogens with two attached hydrogens (primary N) is 1. The first-order valence-corrected chi connectivity index (χ1v) is 9.90. The highest BCUT2D eigenvalue weighted by atomic mass is 35.5. The van der Waals surface area contributed by atoms with Crippen molar-refractivity contribution in [2.45, 2.75) is 26.3 Å². The zero-order chi connectivity index (χ0) is 21.3. The van der Waals surface area contributed by atoms with Crippen molar-refractivity contribution in [1.82, 2.24) is 14.9 Å². The number of phenolic OH excluding ortho intramolecular Hbond substituents is 1. The van der Waals surface area contributed by atoms with Crippen LogP contribution in [0.25, 0.3) is 10.9 Å². The number of rotatable bonds is 5. The molecule has 0 atom stereocenters. The van der Waals surface area contributed by atoms with Gasteiger partial charge in [-0.25, -0.2) is 9.97 Å². The number of phenols is 1. The average Bonchev–Trinajstić information content (AvgIpc) is 3.26. The van der Waals surface area contributed by atoms with E-state index in [2.05, 4.69) is 15.3 Å². The number of nitrogen functional groups attached to an aromatic ring is 1. The fraction of sp³-hybridized carbons (Fsp3) is 0.273. The second kappa shape index (κ2) is 9.18. The van der Waals surface area contributed by atoms with Crippen LogP contribution < -0.4 is 11.1 Å². The minimum Gasteiger partial charge on any atom is -0.508 e. The van der Waals surface area contributed by atoms with Gasteiger partial charge in [-0.05, 0) is 56.2 Å². The Morgan fingerprint density at radius 1 is 1.16 bits per heavy atom. The zero-order valence-corrected chi connectivity index (χ0v) is 18.0. The van der Waals surface area contributed by atoms with Gasteiger partial charge in [-0.2, -0.15) is 0 Å². The van der Waals surface area contributed by atoms with Crippen molar-refractivity contribution in [2.24, 2.45) is 5.73 Å². The first kappa shape index (κ1) is 22.3. The maximum Gasteiger partial charge on any atom is 0.253 e. The van der Waals surface area contributed by atoms with Crippen molar-refractivity contribution in [3.05, 3.63) is 58.9 Å². The molecule has 0 bridgehead atoms. The van der Waals surface area contributed by atoms with Gasteiger partial charge in [0.25, 0.3) is 5.91 Å². The standard InChI is InChI=1S/C22H24N6O2.ClH/c1-13-26-18-11-15(22(30)28-8-2-3-9-28)4-6-17(18)21(27-13)25-12-16-10-14(20(23)24)5-7-19(16)29;/h4-7,10-11,29H,2-3,8-9,12H2,1H3,(H3,23,24)(H,25,26,27);1H. The number of anilines is 1. The third-order valence-electron chi connectivity index (χ3n) is 5.29.